The molecule has 238 valence electrons. The Hall–Kier alpha value is -3.26. The summed E-state index contributed by atoms with van der Waals surface area (Å²) in [5.41, 5.74) is 7.52. The Balaban J connectivity index is 0. The molecule has 0 aromatic heterocycles. The third-order valence-corrected chi connectivity index (χ3v) is 6.77. The Kier molecular flexibility index (Phi) is 26.8. The Morgan fingerprint density at radius 2 is 1.49 bits per heavy atom. The highest BCUT2D eigenvalue weighted by molar-refractivity contribution is 5.98. The second kappa shape index (κ2) is 27.6. The zero-order chi connectivity index (χ0) is 33.0. The molecule has 0 atom stereocenters. The number of rotatable bonds is 12. The topological polar surface area (TPSA) is 24.7 Å². The van der Waals surface area contributed by atoms with Crippen LogP contribution in [0.4, 0.5) is 0 Å². The third-order valence-electron chi connectivity index (χ3n) is 6.77. The molecule has 0 aliphatic heterocycles. The smallest absolute Gasteiger partial charge is 0.0437 e. The minimum Gasteiger partial charge on any atom is -0.296 e. The van der Waals surface area contributed by atoms with Crippen molar-refractivity contribution in [3.8, 4) is 0 Å². The molecule has 0 aliphatic carbocycles. The van der Waals surface area contributed by atoms with E-state index in [1.807, 2.05) is 33.1 Å². The first-order chi connectivity index (χ1) is 20.7. The van der Waals surface area contributed by atoms with Crippen molar-refractivity contribution in [2.75, 3.05) is 7.05 Å². The van der Waals surface area contributed by atoms with Crippen LogP contribution in [0.3, 0.4) is 0 Å². The Labute approximate surface area is 267 Å². The first-order valence-electron chi connectivity index (χ1n) is 16.5. The van der Waals surface area contributed by atoms with Gasteiger partial charge in [0.25, 0.3) is 0 Å². The first kappa shape index (κ1) is 41.9. The van der Waals surface area contributed by atoms with Gasteiger partial charge < -0.3 is 0 Å². The van der Waals surface area contributed by atoms with Crippen molar-refractivity contribution in [3.05, 3.63) is 107 Å². The van der Waals surface area contributed by atoms with Crippen LogP contribution in [0.25, 0.3) is 10.8 Å². The predicted octanol–water partition coefficient (Wildman–Crippen LogP) is 13.1. The van der Waals surface area contributed by atoms with Crippen LogP contribution >= 0.6 is 0 Å². The van der Waals surface area contributed by atoms with Crippen LogP contribution < -0.4 is 0 Å². The van der Waals surface area contributed by atoms with E-state index in [0.29, 0.717) is 5.92 Å². The molecule has 43 heavy (non-hydrogen) atoms. The summed E-state index contributed by atoms with van der Waals surface area (Å²) >= 11 is 0. The normalized spacial score (nSPS) is 12.1. The van der Waals surface area contributed by atoms with E-state index in [1.165, 1.54) is 58.9 Å². The number of aryl methyl sites for hydroxylation is 1. The van der Waals surface area contributed by atoms with Gasteiger partial charge in [0, 0.05) is 30.6 Å². The van der Waals surface area contributed by atoms with E-state index < -0.39 is 0 Å². The highest BCUT2D eigenvalue weighted by Crippen LogP contribution is 2.20. The summed E-state index contributed by atoms with van der Waals surface area (Å²) in [6.45, 7) is 26.9. The van der Waals surface area contributed by atoms with E-state index >= 15 is 0 Å². The first-order valence-corrected chi connectivity index (χ1v) is 16.5. The van der Waals surface area contributed by atoms with Crippen molar-refractivity contribution in [2.24, 2.45) is 15.9 Å². The lowest BCUT2D eigenvalue weighted by atomic mass is 9.91. The van der Waals surface area contributed by atoms with Gasteiger partial charge >= 0.3 is 0 Å². The molecule has 0 heterocycles. The predicted molar refractivity (Wildman–Crippen MR) is 201 cm³/mol. The summed E-state index contributed by atoms with van der Waals surface area (Å²) < 4.78 is 0. The molecule has 0 amide bonds. The molecule has 2 heteroatoms. The molecule has 0 radical (unpaired) electrons. The zero-order valence-electron chi connectivity index (χ0n) is 29.9. The molecule has 2 aromatic rings. The molecule has 0 saturated heterocycles. The van der Waals surface area contributed by atoms with Crippen LogP contribution in [-0.2, 0) is 6.42 Å². The number of nitrogens with zero attached hydrogens (tertiary/aromatic N) is 2. The van der Waals surface area contributed by atoms with Crippen molar-refractivity contribution in [1.82, 2.24) is 0 Å². The van der Waals surface area contributed by atoms with Crippen LogP contribution in [0.1, 0.15) is 114 Å². The van der Waals surface area contributed by atoms with Gasteiger partial charge in [-0.2, -0.15) is 0 Å². The van der Waals surface area contributed by atoms with Crippen LogP contribution in [0.2, 0.25) is 0 Å². The van der Waals surface area contributed by atoms with Crippen LogP contribution in [-0.4, -0.2) is 19.0 Å². The Bertz CT molecular complexity index is 1190. The molecule has 0 fully saturated rings. The minimum absolute atomic E-state index is 0.571. The summed E-state index contributed by atoms with van der Waals surface area (Å²) in [6.07, 6.45) is 19.1. The summed E-state index contributed by atoms with van der Waals surface area (Å²) in [6, 6.07) is 15.1. The summed E-state index contributed by atoms with van der Waals surface area (Å²) in [7, 11) is 1.80. The maximum atomic E-state index is 4.90. The van der Waals surface area contributed by atoms with Gasteiger partial charge in [-0.05, 0) is 88.3 Å². The van der Waals surface area contributed by atoms with E-state index in [9.17, 15) is 0 Å². The van der Waals surface area contributed by atoms with Crippen LogP contribution in [0, 0.1) is 5.92 Å². The van der Waals surface area contributed by atoms with Gasteiger partial charge in [-0.3, -0.25) is 9.98 Å². The van der Waals surface area contributed by atoms with Gasteiger partial charge in [0.05, 0.1) is 0 Å². The van der Waals surface area contributed by atoms with Crippen molar-refractivity contribution < 1.29 is 0 Å². The Morgan fingerprint density at radius 1 is 0.884 bits per heavy atom. The molecule has 0 bridgehead atoms. The number of hydrogen-bond donors (Lipinski definition) is 0. The maximum Gasteiger partial charge on any atom is 0.0437 e. The number of allylic oxidation sites excluding steroid dienone is 9. The summed E-state index contributed by atoms with van der Waals surface area (Å²) in [5, 5.41) is 2.67. The van der Waals surface area contributed by atoms with Gasteiger partial charge in [0.2, 0.25) is 0 Å². The molecule has 2 nitrogen and oxygen atoms in total. The van der Waals surface area contributed by atoms with Gasteiger partial charge in [-0.15, -0.1) is 0 Å². The van der Waals surface area contributed by atoms with Gasteiger partial charge in [0.15, 0.2) is 0 Å². The lowest BCUT2D eigenvalue weighted by Crippen LogP contribution is -2.13. The Morgan fingerprint density at radius 3 is 1.95 bits per heavy atom. The van der Waals surface area contributed by atoms with Crippen LogP contribution in [0.15, 0.2) is 112 Å². The average Bonchev–Trinajstić information content (AvgIpc) is 3.02. The number of hydrogen-bond acceptors (Lipinski definition) is 2. The van der Waals surface area contributed by atoms with Crippen LogP contribution in [0.5, 0.6) is 0 Å². The largest absolute Gasteiger partial charge is 0.296 e. The molecule has 0 saturated carbocycles. The van der Waals surface area contributed by atoms with Crippen molar-refractivity contribution >= 4 is 22.7 Å². The zero-order valence-corrected chi connectivity index (χ0v) is 29.9. The molecule has 0 N–H and O–H groups in total. The van der Waals surface area contributed by atoms with E-state index in [4.69, 9.17) is 4.99 Å². The lowest BCUT2D eigenvalue weighted by Gasteiger charge is -2.17. The number of aliphatic imine (C=N–C) groups is 2. The second-order valence-electron chi connectivity index (χ2n) is 10.5. The van der Waals surface area contributed by atoms with Gasteiger partial charge in [0.1, 0.15) is 0 Å². The van der Waals surface area contributed by atoms with E-state index in [-0.39, 0.29) is 0 Å². The standard InChI is InChI=1S/C18H32N2.C12H12.C9H14.C2H6/c1-8-10-17(11-9-2)18(12-14(3)4)20-16(6)15(5)13-19-7;1-2-10-7-8-11-5-3-4-6-12(11)9-10;1-4-7-8-9(5-2)6-3;1-2/h12-13,17H,8-11H2,1-7H3;3-9H,2H2,1H3;4-5,7-8H,1,6H2,2-3H3;1-2H3/b16-15+,19-13?,20-18?;;8-7-,9-5-;. The quantitative estimate of drug-likeness (QED) is 0.175. The fourth-order valence-corrected chi connectivity index (χ4v) is 4.31. The van der Waals surface area contributed by atoms with Gasteiger partial charge in [-0.1, -0.05) is 139 Å². The van der Waals surface area contributed by atoms with E-state index in [0.717, 1.165) is 24.1 Å². The molecule has 0 aliphatic rings. The van der Waals surface area contributed by atoms with E-state index in [1.54, 1.807) is 13.1 Å². The summed E-state index contributed by atoms with van der Waals surface area (Å²) in [5.74, 6) is 0.571. The molecule has 0 unspecified atom stereocenters. The fourth-order valence-electron chi connectivity index (χ4n) is 4.31. The number of benzene rings is 2. The molecule has 0 spiro atoms. The fraction of sp³-hybridized carbons (Fsp3) is 0.463. The SMILES string of the molecule is C=C/C=C\C(=C/C)CC.CC.CCCC(CCC)C(C=C(C)C)=N/C(C)=C(\C)C=NC.CCc1ccc2ccccc2c1. The van der Waals surface area contributed by atoms with Crippen molar-refractivity contribution in [1.29, 1.82) is 0 Å². The molecular formula is C41H64N2. The third kappa shape index (κ3) is 19.5. The van der Waals surface area contributed by atoms with Gasteiger partial charge in [-0.25, -0.2) is 0 Å². The maximum absolute atomic E-state index is 4.90. The highest BCUT2D eigenvalue weighted by Gasteiger charge is 2.13. The highest BCUT2D eigenvalue weighted by atomic mass is 14.8. The molecular weight excluding hydrogens is 520 g/mol. The summed E-state index contributed by atoms with van der Waals surface area (Å²) in [4.78, 5) is 8.98. The average molecular weight is 585 g/mol. The van der Waals surface area contributed by atoms with Crippen molar-refractivity contribution in [2.45, 2.75) is 115 Å². The monoisotopic (exact) mass is 585 g/mol. The lowest BCUT2D eigenvalue weighted by molar-refractivity contribution is 0.559. The number of fused-ring (bicyclic) bond motifs is 1. The molecule has 2 rings (SSSR count). The van der Waals surface area contributed by atoms with Crippen molar-refractivity contribution in [3.63, 3.8) is 0 Å². The van der Waals surface area contributed by atoms with E-state index in [2.05, 4.69) is 128 Å². The minimum atomic E-state index is 0.571. The molecule has 2 aromatic carbocycles. The second-order valence-corrected chi connectivity index (χ2v) is 10.5.